The van der Waals surface area contributed by atoms with Crippen LogP contribution in [-0.2, 0) is 9.59 Å². The molecule has 156 valence electrons. The number of hydrogen-bond donors (Lipinski definition) is 1. The maximum Gasteiger partial charge on any atom is 0.253 e. The third-order valence-corrected chi connectivity index (χ3v) is 5.59. The number of amides is 3. The molecule has 0 unspecified atom stereocenters. The van der Waals surface area contributed by atoms with Gasteiger partial charge in [0.1, 0.15) is 0 Å². The number of carbonyl (C=O) groups is 3. The maximum absolute atomic E-state index is 12.6. The van der Waals surface area contributed by atoms with Gasteiger partial charge in [-0.15, -0.1) is 0 Å². The molecule has 0 spiro atoms. The van der Waals surface area contributed by atoms with Crippen LogP contribution >= 0.6 is 0 Å². The molecule has 0 aliphatic carbocycles. The van der Waals surface area contributed by atoms with E-state index < -0.39 is 0 Å². The van der Waals surface area contributed by atoms with E-state index in [9.17, 15) is 14.4 Å². The summed E-state index contributed by atoms with van der Waals surface area (Å²) in [7, 11) is 0. The average molecular weight is 406 g/mol. The molecule has 2 aromatic rings. The van der Waals surface area contributed by atoms with Gasteiger partial charge in [0, 0.05) is 44.7 Å². The number of nitrogens with zero attached hydrogens (tertiary/aromatic N) is 3. The molecule has 7 heteroatoms. The second-order valence-electron chi connectivity index (χ2n) is 7.65. The lowest BCUT2D eigenvalue weighted by molar-refractivity contribution is -0.118. The first-order valence-corrected chi connectivity index (χ1v) is 10.4. The van der Waals surface area contributed by atoms with Crippen molar-refractivity contribution in [3.63, 3.8) is 0 Å². The van der Waals surface area contributed by atoms with Crippen LogP contribution in [0.2, 0.25) is 0 Å². The highest BCUT2D eigenvalue weighted by atomic mass is 16.2. The zero-order valence-corrected chi connectivity index (χ0v) is 16.9. The Kier molecular flexibility index (Phi) is 6.09. The van der Waals surface area contributed by atoms with Crippen molar-refractivity contribution in [3.8, 4) is 0 Å². The monoisotopic (exact) mass is 406 g/mol. The second kappa shape index (κ2) is 9.09. The Morgan fingerprint density at radius 1 is 0.867 bits per heavy atom. The highest BCUT2D eigenvalue weighted by Crippen LogP contribution is 2.29. The molecule has 2 heterocycles. The quantitative estimate of drug-likeness (QED) is 0.826. The summed E-state index contributed by atoms with van der Waals surface area (Å²) in [6.45, 7) is 3.44. The number of piperazine rings is 1. The first kappa shape index (κ1) is 20.1. The van der Waals surface area contributed by atoms with Crippen LogP contribution in [0.3, 0.4) is 0 Å². The van der Waals surface area contributed by atoms with E-state index in [4.69, 9.17) is 0 Å². The Morgan fingerprint density at radius 3 is 2.27 bits per heavy atom. The van der Waals surface area contributed by atoms with Crippen LogP contribution in [0, 0.1) is 0 Å². The van der Waals surface area contributed by atoms with Crippen LogP contribution in [-0.4, -0.2) is 66.8 Å². The molecule has 3 amide bonds. The molecule has 2 aliphatic rings. The van der Waals surface area contributed by atoms with Gasteiger partial charge in [0.2, 0.25) is 11.8 Å². The van der Waals surface area contributed by atoms with Crippen molar-refractivity contribution in [2.75, 3.05) is 49.5 Å². The summed E-state index contributed by atoms with van der Waals surface area (Å²) in [4.78, 5) is 42.9. The Morgan fingerprint density at radius 2 is 1.57 bits per heavy atom. The third kappa shape index (κ3) is 4.52. The highest BCUT2D eigenvalue weighted by molar-refractivity contribution is 6.02. The number of para-hydroxylation sites is 2. The Hall–Kier alpha value is -3.19. The fraction of sp³-hybridized carbons (Fsp3) is 0.348. The number of benzene rings is 2. The van der Waals surface area contributed by atoms with E-state index in [1.54, 1.807) is 4.90 Å². The van der Waals surface area contributed by atoms with Crippen molar-refractivity contribution in [1.29, 1.82) is 0 Å². The summed E-state index contributed by atoms with van der Waals surface area (Å²) in [6.07, 6.45) is 1.39. The third-order valence-electron chi connectivity index (χ3n) is 5.59. The molecule has 0 atom stereocenters. The fourth-order valence-corrected chi connectivity index (χ4v) is 3.98. The minimum atomic E-state index is -0.114. The highest BCUT2D eigenvalue weighted by Gasteiger charge is 2.26. The molecule has 0 saturated carbocycles. The SMILES string of the molecule is O=C(CN1CCN(C(=O)c2ccccc2)CC1)Nc1ccccc1N1CCCC1=O. The van der Waals surface area contributed by atoms with Crippen molar-refractivity contribution in [1.82, 2.24) is 9.80 Å². The zero-order valence-electron chi connectivity index (χ0n) is 16.9. The molecule has 0 bridgehead atoms. The van der Waals surface area contributed by atoms with Crippen LogP contribution < -0.4 is 10.2 Å². The Bertz CT molecular complexity index is 923. The van der Waals surface area contributed by atoms with Gasteiger partial charge in [-0.25, -0.2) is 0 Å². The van der Waals surface area contributed by atoms with E-state index in [-0.39, 0.29) is 24.3 Å². The Labute approximate surface area is 176 Å². The fourth-order valence-electron chi connectivity index (χ4n) is 3.98. The van der Waals surface area contributed by atoms with Gasteiger partial charge in [0.25, 0.3) is 5.91 Å². The molecule has 2 fully saturated rings. The number of rotatable bonds is 5. The van der Waals surface area contributed by atoms with Crippen LogP contribution in [0.1, 0.15) is 23.2 Å². The van der Waals surface area contributed by atoms with E-state index in [0.717, 1.165) is 12.1 Å². The van der Waals surface area contributed by atoms with Crippen molar-refractivity contribution >= 4 is 29.1 Å². The molecule has 0 aromatic heterocycles. The largest absolute Gasteiger partial charge is 0.336 e. The summed E-state index contributed by atoms with van der Waals surface area (Å²) in [5.74, 6) is 0.0109. The summed E-state index contributed by atoms with van der Waals surface area (Å²) >= 11 is 0. The predicted molar refractivity (Wildman–Crippen MR) is 115 cm³/mol. The maximum atomic E-state index is 12.6. The molecule has 2 saturated heterocycles. The molecule has 4 rings (SSSR count). The minimum absolute atomic E-state index is 0.0314. The van der Waals surface area contributed by atoms with Crippen molar-refractivity contribution < 1.29 is 14.4 Å². The molecule has 2 aliphatic heterocycles. The average Bonchev–Trinajstić information content (AvgIpc) is 3.20. The first-order valence-electron chi connectivity index (χ1n) is 10.4. The van der Waals surface area contributed by atoms with Crippen molar-refractivity contribution in [2.45, 2.75) is 12.8 Å². The van der Waals surface area contributed by atoms with Crippen LogP contribution in [0.15, 0.2) is 54.6 Å². The molecular formula is C23H26N4O3. The van der Waals surface area contributed by atoms with Gasteiger partial charge in [-0.05, 0) is 30.7 Å². The number of hydrogen-bond acceptors (Lipinski definition) is 4. The van der Waals surface area contributed by atoms with Gasteiger partial charge in [-0.2, -0.15) is 0 Å². The lowest BCUT2D eigenvalue weighted by Gasteiger charge is -2.34. The van der Waals surface area contributed by atoms with E-state index in [0.29, 0.717) is 50.4 Å². The van der Waals surface area contributed by atoms with Gasteiger partial charge in [0.15, 0.2) is 0 Å². The normalized spacial score (nSPS) is 17.3. The van der Waals surface area contributed by atoms with Crippen LogP contribution in [0.4, 0.5) is 11.4 Å². The van der Waals surface area contributed by atoms with E-state index in [1.807, 2.05) is 64.4 Å². The summed E-state index contributed by atoms with van der Waals surface area (Å²) in [6, 6.07) is 16.7. The number of anilines is 2. The molecule has 0 radical (unpaired) electrons. The topological polar surface area (TPSA) is 73.0 Å². The number of nitrogens with one attached hydrogen (secondary N) is 1. The molecular weight excluding hydrogens is 380 g/mol. The molecule has 30 heavy (non-hydrogen) atoms. The lowest BCUT2D eigenvalue weighted by atomic mass is 10.2. The predicted octanol–water partition coefficient (Wildman–Crippen LogP) is 2.21. The zero-order chi connectivity index (χ0) is 20.9. The van der Waals surface area contributed by atoms with Gasteiger partial charge in [-0.3, -0.25) is 19.3 Å². The van der Waals surface area contributed by atoms with Crippen molar-refractivity contribution in [3.05, 3.63) is 60.2 Å². The smallest absolute Gasteiger partial charge is 0.253 e. The minimum Gasteiger partial charge on any atom is -0.336 e. The standard InChI is InChI=1S/C23H26N4O3/c28-21(24-19-9-4-5-10-20(19)27-12-6-11-22(27)29)17-25-13-15-26(16-14-25)23(30)18-7-2-1-3-8-18/h1-5,7-10H,6,11-17H2,(H,24,28). The summed E-state index contributed by atoms with van der Waals surface area (Å²) in [5.41, 5.74) is 2.11. The second-order valence-corrected chi connectivity index (χ2v) is 7.65. The van der Waals surface area contributed by atoms with Gasteiger partial charge in [-0.1, -0.05) is 30.3 Å². The van der Waals surface area contributed by atoms with Crippen LogP contribution in [0.5, 0.6) is 0 Å². The van der Waals surface area contributed by atoms with E-state index in [1.165, 1.54) is 0 Å². The summed E-state index contributed by atoms with van der Waals surface area (Å²) in [5, 5.41) is 2.96. The van der Waals surface area contributed by atoms with Crippen molar-refractivity contribution in [2.24, 2.45) is 0 Å². The van der Waals surface area contributed by atoms with Crippen LogP contribution in [0.25, 0.3) is 0 Å². The van der Waals surface area contributed by atoms with E-state index in [2.05, 4.69) is 5.32 Å². The molecule has 7 nitrogen and oxygen atoms in total. The first-order chi connectivity index (χ1) is 14.6. The van der Waals surface area contributed by atoms with Gasteiger partial charge < -0.3 is 15.1 Å². The lowest BCUT2D eigenvalue weighted by Crippen LogP contribution is -2.50. The van der Waals surface area contributed by atoms with Gasteiger partial charge >= 0.3 is 0 Å². The Balaban J connectivity index is 1.31. The van der Waals surface area contributed by atoms with Gasteiger partial charge in [0.05, 0.1) is 17.9 Å². The number of carbonyl (C=O) groups excluding carboxylic acids is 3. The summed E-state index contributed by atoms with van der Waals surface area (Å²) < 4.78 is 0. The molecule has 1 N–H and O–H groups in total. The van der Waals surface area contributed by atoms with E-state index >= 15 is 0 Å². The molecule has 2 aromatic carbocycles.